The molecule has 2 aromatic rings. The molecular weight excluding hydrogens is 246 g/mol. The zero-order chi connectivity index (χ0) is 13.8. The average Bonchev–Trinajstić information content (AvgIpc) is 2.72. The lowest BCUT2D eigenvalue weighted by atomic mass is 10.1. The smallest absolute Gasteiger partial charge is 0.355 e. The minimum Gasteiger partial charge on any atom is -0.355 e. The highest BCUT2D eigenvalue weighted by Gasteiger charge is 2.16. The number of hydrogen-bond donors (Lipinski definition) is 1. The molecule has 1 aromatic carbocycles. The largest absolute Gasteiger partial charge is 0.442 e. The fraction of sp³-hybridized carbons (Fsp3) is 0.308. The second kappa shape index (κ2) is 5.51. The molecule has 0 saturated carbocycles. The van der Waals surface area contributed by atoms with Gasteiger partial charge < -0.3 is 5.32 Å². The predicted octanol–water partition coefficient (Wildman–Crippen LogP) is 0.948. The topological polar surface area (TPSA) is 77.1 Å². The summed E-state index contributed by atoms with van der Waals surface area (Å²) in [6, 6.07) is 7.48. The third-order valence-corrected chi connectivity index (χ3v) is 2.75. The van der Waals surface area contributed by atoms with E-state index in [1.165, 1.54) is 4.57 Å². The van der Waals surface area contributed by atoms with Gasteiger partial charge in [0, 0.05) is 12.1 Å². The Labute approximate surface area is 110 Å². The van der Waals surface area contributed by atoms with Crippen LogP contribution in [-0.2, 0) is 11.3 Å². The summed E-state index contributed by atoms with van der Waals surface area (Å²) in [4.78, 5) is 23.2. The first-order valence-electron chi connectivity index (χ1n) is 6.02. The molecule has 100 valence electrons. The molecule has 0 atom stereocenters. The number of aryl methyl sites for hydroxylation is 1. The Kier molecular flexibility index (Phi) is 3.79. The number of rotatable bonds is 4. The van der Waals surface area contributed by atoms with Gasteiger partial charge in [0.2, 0.25) is 5.91 Å². The average molecular weight is 261 g/mol. The van der Waals surface area contributed by atoms with E-state index in [2.05, 4.69) is 15.0 Å². The van der Waals surface area contributed by atoms with Gasteiger partial charge in [-0.05, 0) is 19.4 Å². The summed E-state index contributed by atoms with van der Waals surface area (Å²) in [6.07, 6.45) is 0. The molecule has 1 aromatic heterocycles. The number of aromatic nitrogens is 2. The molecule has 0 saturated heterocycles. The summed E-state index contributed by atoms with van der Waals surface area (Å²) in [6.45, 7) is 4.14. The van der Waals surface area contributed by atoms with E-state index in [1.54, 1.807) is 0 Å². The van der Waals surface area contributed by atoms with E-state index in [-0.39, 0.29) is 12.5 Å². The van der Waals surface area contributed by atoms with Gasteiger partial charge in [0.15, 0.2) is 5.82 Å². The molecule has 0 aliphatic heterocycles. The maximum atomic E-state index is 11.6. The van der Waals surface area contributed by atoms with Crippen LogP contribution >= 0.6 is 0 Å². The van der Waals surface area contributed by atoms with Crippen molar-refractivity contribution in [1.82, 2.24) is 15.0 Å². The van der Waals surface area contributed by atoms with Crippen LogP contribution in [0.25, 0.3) is 11.4 Å². The number of benzene rings is 1. The minimum atomic E-state index is -0.635. The van der Waals surface area contributed by atoms with E-state index in [4.69, 9.17) is 0 Å². The van der Waals surface area contributed by atoms with Gasteiger partial charge in [-0.2, -0.15) is 0 Å². The van der Waals surface area contributed by atoms with Gasteiger partial charge in [-0.3, -0.25) is 9.32 Å². The SMILES string of the molecule is CCNC(=O)Cn1c(-c2ccccc2C)noc1=O. The van der Waals surface area contributed by atoms with E-state index in [9.17, 15) is 9.59 Å². The van der Waals surface area contributed by atoms with Crippen LogP contribution in [0.15, 0.2) is 33.6 Å². The number of carbonyl (C=O) groups is 1. The highest BCUT2D eigenvalue weighted by Crippen LogP contribution is 2.19. The van der Waals surface area contributed by atoms with Crippen molar-refractivity contribution >= 4 is 5.91 Å². The fourth-order valence-corrected chi connectivity index (χ4v) is 1.82. The Bertz CT molecular complexity index is 643. The van der Waals surface area contributed by atoms with Gasteiger partial charge in [0.1, 0.15) is 6.54 Å². The van der Waals surface area contributed by atoms with Crippen LogP contribution in [0.3, 0.4) is 0 Å². The molecular formula is C13H15N3O3. The first-order chi connectivity index (χ1) is 9.13. The summed E-state index contributed by atoms with van der Waals surface area (Å²) in [7, 11) is 0. The van der Waals surface area contributed by atoms with Crippen LogP contribution in [0.5, 0.6) is 0 Å². The molecule has 0 spiro atoms. The summed E-state index contributed by atoms with van der Waals surface area (Å²) >= 11 is 0. The molecule has 0 radical (unpaired) electrons. The highest BCUT2D eigenvalue weighted by atomic mass is 16.5. The molecule has 1 N–H and O–H groups in total. The molecule has 0 aliphatic carbocycles. The van der Waals surface area contributed by atoms with Crippen molar-refractivity contribution in [1.29, 1.82) is 0 Å². The maximum Gasteiger partial charge on any atom is 0.442 e. The van der Waals surface area contributed by atoms with Crippen LogP contribution in [0, 0.1) is 6.92 Å². The van der Waals surface area contributed by atoms with Gasteiger partial charge in [-0.25, -0.2) is 9.36 Å². The van der Waals surface area contributed by atoms with Crippen LogP contribution in [0.4, 0.5) is 0 Å². The molecule has 0 fully saturated rings. The molecule has 0 aliphatic rings. The normalized spacial score (nSPS) is 10.4. The van der Waals surface area contributed by atoms with Crippen LogP contribution < -0.4 is 11.1 Å². The zero-order valence-electron chi connectivity index (χ0n) is 10.8. The Morgan fingerprint density at radius 3 is 2.84 bits per heavy atom. The van der Waals surface area contributed by atoms with E-state index in [0.29, 0.717) is 12.4 Å². The van der Waals surface area contributed by atoms with E-state index in [0.717, 1.165) is 11.1 Å². The van der Waals surface area contributed by atoms with Crippen LogP contribution in [0.2, 0.25) is 0 Å². The second-order valence-corrected chi connectivity index (χ2v) is 4.13. The highest BCUT2D eigenvalue weighted by molar-refractivity contribution is 5.76. The third kappa shape index (κ3) is 2.73. The van der Waals surface area contributed by atoms with Crippen molar-refractivity contribution in [2.24, 2.45) is 0 Å². The Hall–Kier alpha value is -2.37. The molecule has 1 heterocycles. The van der Waals surface area contributed by atoms with E-state index >= 15 is 0 Å². The summed E-state index contributed by atoms with van der Waals surface area (Å²) in [5.41, 5.74) is 1.73. The van der Waals surface area contributed by atoms with E-state index in [1.807, 2.05) is 38.1 Å². The van der Waals surface area contributed by atoms with Gasteiger partial charge in [-0.15, -0.1) is 0 Å². The first kappa shape index (κ1) is 13.1. The number of likely N-dealkylation sites (N-methyl/N-ethyl adjacent to an activating group) is 1. The lowest BCUT2D eigenvalue weighted by molar-refractivity contribution is -0.121. The molecule has 1 amide bonds. The predicted molar refractivity (Wildman–Crippen MR) is 69.6 cm³/mol. The number of nitrogens with one attached hydrogen (secondary N) is 1. The molecule has 6 nitrogen and oxygen atoms in total. The van der Waals surface area contributed by atoms with Crippen molar-refractivity contribution in [3.05, 3.63) is 40.4 Å². The number of carbonyl (C=O) groups excluding carboxylic acids is 1. The number of hydrogen-bond acceptors (Lipinski definition) is 4. The van der Waals surface area contributed by atoms with Crippen molar-refractivity contribution in [2.45, 2.75) is 20.4 Å². The molecule has 2 rings (SSSR count). The van der Waals surface area contributed by atoms with Gasteiger partial charge >= 0.3 is 5.76 Å². The van der Waals surface area contributed by atoms with Gasteiger partial charge in [-0.1, -0.05) is 29.4 Å². The van der Waals surface area contributed by atoms with Crippen LogP contribution in [-0.4, -0.2) is 22.2 Å². The summed E-state index contributed by atoms with van der Waals surface area (Å²) in [5, 5.41) is 6.39. The Morgan fingerprint density at radius 1 is 1.42 bits per heavy atom. The van der Waals surface area contributed by atoms with E-state index < -0.39 is 5.76 Å². The minimum absolute atomic E-state index is 0.0974. The molecule has 19 heavy (non-hydrogen) atoms. The van der Waals surface area contributed by atoms with Crippen molar-refractivity contribution in [3.63, 3.8) is 0 Å². The van der Waals surface area contributed by atoms with Crippen LogP contribution in [0.1, 0.15) is 12.5 Å². The monoisotopic (exact) mass is 261 g/mol. The quantitative estimate of drug-likeness (QED) is 0.888. The van der Waals surface area contributed by atoms with Crippen molar-refractivity contribution in [3.8, 4) is 11.4 Å². The van der Waals surface area contributed by atoms with Gasteiger partial charge in [0.25, 0.3) is 0 Å². The lowest BCUT2D eigenvalue weighted by Crippen LogP contribution is -2.31. The molecule has 0 bridgehead atoms. The summed E-state index contributed by atoms with van der Waals surface area (Å²) in [5.74, 6) is -0.513. The molecule has 6 heteroatoms. The number of amides is 1. The number of nitrogens with zero attached hydrogens (tertiary/aromatic N) is 2. The second-order valence-electron chi connectivity index (χ2n) is 4.13. The first-order valence-corrected chi connectivity index (χ1v) is 6.02. The maximum absolute atomic E-state index is 11.6. The molecule has 0 unspecified atom stereocenters. The zero-order valence-corrected chi connectivity index (χ0v) is 10.8. The van der Waals surface area contributed by atoms with Gasteiger partial charge in [0.05, 0.1) is 0 Å². The van der Waals surface area contributed by atoms with Crippen molar-refractivity contribution < 1.29 is 9.32 Å². The van der Waals surface area contributed by atoms with Crippen molar-refractivity contribution in [2.75, 3.05) is 6.54 Å². The lowest BCUT2D eigenvalue weighted by Gasteiger charge is -2.06. The standard InChI is InChI=1S/C13H15N3O3/c1-3-14-11(17)8-16-12(15-19-13(16)18)10-7-5-4-6-9(10)2/h4-7H,3,8H2,1-2H3,(H,14,17). The fourth-order valence-electron chi connectivity index (χ4n) is 1.82. The summed E-state index contributed by atoms with van der Waals surface area (Å²) < 4.78 is 5.89. The Morgan fingerprint density at radius 2 is 2.16 bits per heavy atom. The third-order valence-electron chi connectivity index (χ3n) is 2.75. The Balaban J connectivity index is 2.41.